The molecule has 1 unspecified atom stereocenters. The lowest BCUT2D eigenvalue weighted by Gasteiger charge is -2.49. The number of anilines is 1. The van der Waals surface area contributed by atoms with Crippen LogP contribution < -0.4 is 10.5 Å². The van der Waals surface area contributed by atoms with E-state index < -0.39 is 0 Å². The number of imidazole rings is 1. The summed E-state index contributed by atoms with van der Waals surface area (Å²) >= 11 is 1.59. The largest absolute Gasteiger partial charge is 0.362 e. The zero-order valence-electron chi connectivity index (χ0n) is 21.9. The molecule has 37 heavy (non-hydrogen) atoms. The number of aryl methyl sites for hydroxylation is 2. The zero-order valence-corrected chi connectivity index (χ0v) is 22.7. The lowest BCUT2D eigenvalue weighted by Crippen LogP contribution is -2.59. The summed E-state index contributed by atoms with van der Waals surface area (Å²) in [6.07, 6.45) is 3.70. The molecule has 3 atom stereocenters. The van der Waals surface area contributed by atoms with Gasteiger partial charge in [0.2, 0.25) is 0 Å². The lowest BCUT2D eigenvalue weighted by atomic mass is 9.96. The second-order valence-corrected chi connectivity index (χ2v) is 11.1. The van der Waals surface area contributed by atoms with Crippen LogP contribution in [0.25, 0.3) is 15.9 Å². The molecule has 1 aromatic carbocycles. The van der Waals surface area contributed by atoms with E-state index in [1.54, 1.807) is 41.2 Å². The van der Waals surface area contributed by atoms with Crippen LogP contribution in [-0.4, -0.2) is 49.2 Å². The molecule has 4 heterocycles. The summed E-state index contributed by atoms with van der Waals surface area (Å²) in [4.78, 5) is 26.7. The maximum atomic E-state index is 15.3. The number of piperazine rings is 1. The average molecular weight is 522 g/mol. The molecule has 194 valence electrons. The highest BCUT2D eigenvalue weighted by molar-refractivity contribution is 7.18. The summed E-state index contributed by atoms with van der Waals surface area (Å²) in [6, 6.07) is 7.51. The zero-order chi connectivity index (χ0) is 26.4. The summed E-state index contributed by atoms with van der Waals surface area (Å²) < 4.78 is 19.5. The molecule has 8 nitrogen and oxygen atoms in total. The lowest BCUT2D eigenvalue weighted by molar-refractivity contribution is 0.0994. The van der Waals surface area contributed by atoms with Crippen molar-refractivity contribution in [2.75, 3.05) is 18.0 Å². The van der Waals surface area contributed by atoms with Gasteiger partial charge in [-0.2, -0.15) is 5.26 Å². The normalized spacial score (nSPS) is 19.5. The fourth-order valence-electron chi connectivity index (χ4n) is 5.61. The first-order valence-electron chi connectivity index (χ1n) is 12.8. The van der Waals surface area contributed by atoms with E-state index >= 15 is 4.39 Å². The third-order valence-electron chi connectivity index (χ3n) is 7.68. The standard InChI is InChI=1S/C27H32FN7OS/c1-6-19-15-34(24-12-26(36)32(5)35-13-18(8-9-29)31-27(24)35)20(7-2)14-33(19)16(3)21-10-25-23(11-22(21)28)30-17(4)37-25/h10-13,16,19-20H,6-8,14-15H2,1-5H3/t16?,19-,20+/m1/s1. The first kappa shape index (κ1) is 25.4. The van der Waals surface area contributed by atoms with Gasteiger partial charge in [0.15, 0.2) is 5.65 Å². The van der Waals surface area contributed by atoms with Gasteiger partial charge in [-0.05, 0) is 32.8 Å². The molecule has 1 fully saturated rings. The number of aromatic nitrogens is 4. The maximum Gasteiger partial charge on any atom is 0.267 e. The molecule has 5 rings (SSSR count). The van der Waals surface area contributed by atoms with E-state index in [1.807, 2.05) is 13.0 Å². The fraction of sp³-hybridized carbons (Fsp3) is 0.481. The Bertz CT molecular complexity index is 1570. The summed E-state index contributed by atoms with van der Waals surface area (Å²) in [7, 11) is 1.71. The van der Waals surface area contributed by atoms with Crippen molar-refractivity contribution in [3.63, 3.8) is 0 Å². The van der Waals surface area contributed by atoms with Gasteiger partial charge in [-0.15, -0.1) is 11.3 Å². The summed E-state index contributed by atoms with van der Waals surface area (Å²) in [5.41, 5.74) is 3.39. The third-order valence-corrected chi connectivity index (χ3v) is 8.62. The van der Waals surface area contributed by atoms with Crippen molar-refractivity contribution in [2.24, 2.45) is 7.05 Å². The van der Waals surface area contributed by atoms with Crippen molar-refractivity contribution >= 4 is 32.9 Å². The topological polar surface area (TPSA) is 82.5 Å². The highest BCUT2D eigenvalue weighted by Crippen LogP contribution is 2.36. The van der Waals surface area contributed by atoms with Crippen molar-refractivity contribution < 1.29 is 4.39 Å². The van der Waals surface area contributed by atoms with Gasteiger partial charge >= 0.3 is 0 Å². The van der Waals surface area contributed by atoms with Crippen LogP contribution in [0.1, 0.15) is 55.9 Å². The predicted octanol–water partition coefficient (Wildman–Crippen LogP) is 4.60. The second kappa shape index (κ2) is 9.88. The molecule has 1 aliphatic heterocycles. The van der Waals surface area contributed by atoms with Crippen LogP contribution in [-0.2, 0) is 13.5 Å². The highest BCUT2D eigenvalue weighted by Gasteiger charge is 2.37. The number of rotatable bonds is 6. The third kappa shape index (κ3) is 4.40. The Morgan fingerprint density at radius 1 is 1.19 bits per heavy atom. The monoisotopic (exact) mass is 521 g/mol. The van der Waals surface area contributed by atoms with Gasteiger partial charge < -0.3 is 4.90 Å². The Hall–Kier alpha value is -3.29. The molecule has 0 amide bonds. The molecule has 3 aromatic heterocycles. The Kier molecular flexibility index (Phi) is 6.77. The summed E-state index contributed by atoms with van der Waals surface area (Å²) in [5, 5.41) is 10.1. The first-order valence-corrected chi connectivity index (χ1v) is 13.6. The molecular formula is C27H32FN7OS. The van der Waals surface area contributed by atoms with Gasteiger partial charge in [0, 0.05) is 56.0 Å². The molecular weight excluding hydrogens is 489 g/mol. The van der Waals surface area contributed by atoms with Crippen molar-refractivity contribution in [2.45, 2.75) is 65.1 Å². The minimum Gasteiger partial charge on any atom is -0.362 e. The van der Waals surface area contributed by atoms with Crippen LogP contribution in [0, 0.1) is 24.1 Å². The predicted molar refractivity (Wildman–Crippen MR) is 145 cm³/mol. The van der Waals surface area contributed by atoms with Crippen molar-refractivity contribution in [1.29, 1.82) is 5.26 Å². The Morgan fingerprint density at radius 3 is 2.65 bits per heavy atom. The highest BCUT2D eigenvalue weighted by atomic mass is 32.1. The number of nitriles is 1. The molecule has 0 saturated carbocycles. The molecule has 4 aromatic rings. The van der Waals surface area contributed by atoms with E-state index in [-0.39, 0.29) is 35.9 Å². The van der Waals surface area contributed by atoms with E-state index in [1.165, 1.54) is 4.68 Å². The molecule has 1 saturated heterocycles. The molecule has 0 spiro atoms. The number of hydrogen-bond donors (Lipinski definition) is 0. The van der Waals surface area contributed by atoms with Crippen molar-refractivity contribution in [1.82, 2.24) is 24.1 Å². The van der Waals surface area contributed by atoms with Gasteiger partial charge in [-0.3, -0.25) is 9.69 Å². The van der Waals surface area contributed by atoms with E-state index in [0.29, 0.717) is 29.0 Å². The number of benzene rings is 1. The van der Waals surface area contributed by atoms with E-state index in [4.69, 9.17) is 4.98 Å². The Balaban J connectivity index is 1.52. The van der Waals surface area contributed by atoms with Crippen LogP contribution in [0.4, 0.5) is 10.1 Å². The molecule has 10 heteroatoms. The average Bonchev–Trinajstić information content (AvgIpc) is 3.47. The number of thiazole rings is 1. The first-order chi connectivity index (χ1) is 17.7. The van der Waals surface area contributed by atoms with Crippen LogP contribution in [0.5, 0.6) is 0 Å². The second-order valence-electron chi connectivity index (χ2n) is 9.85. The van der Waals surface area contributed by atoms with Crippen LogP contribution in [0.3, 0.4) is 0 Å². The van der Waals surface area contributed by atoms with Gasteiger partial charge in [0.1, 0.15) is 5.82 Å². The Labute approximate surface area is 219 Å². The van der Waals surface area contributed by atoms with E-state index in [2.05, 4.69) is 41.6 Å². The Morgan fingerprint density at radius 2 is 1.95 bits per heavy atom. The molecule has 1 aliphatic rings. The number of nitrogens with zero attached hydrogens (tertiary/aromatic N) is 7. The minimum absolute atomic E-state index is 0.106. The van der Waals surface area contributed by atoms with Crippen molar-refractivity contribution in [3.05, 3.63) is 56.8 Å². The molecule has 0 bridgehead atoms. The number of fused-ring (bicyclic) bond motifs is 2. The van der Waals surface area contributed by atoms with Crippen LogP contribution >= 0.6 is 11.3 Å². The molecule has 0 N–H and O–H groups in total. The molecule has 0 aliphatic carbocycles. The summed E-state index contributed by atoms with van der Waals surface area (Å²) in [6.45, 7) is 9.77. The smallest absolute Gasteiger partial charge is 0.267 e. The molecule has 0 radical (unpaired) electrons. The number of halogens is 1. The van der Waals surface area contributed by atoms with Gasteiger partial charge in [-0.25, -0.2) is 23.6 Å². The van der Waals surface area contributed by atoms with E-state index in [9.17, 15) is 10.1 Å². The SMILES string of the molecule is CC[C@H]1CN(C(C)c2cc3sc(C)nc3cc2F)[C@H](CC)CN1c1cc(=O)n(C)n2cc(CC#N)nc12. The van der Waals surface area contributed by atoms with E-state index in [0.717, 1.165) is 34.8 Å². The minimum atomic E-state index is -0.216. The van der Waals surface area contributed by atoms with Crippen molar-refractivity contribution in [3.8, 4) is 6.07 Å². The van der Waals surface area contributed by atoms with Crippen LogP contribution in [0.2, 0.25) is 0 Å². The van der Waals surface area contributed by atoms with Gasteiger partial charge in [0.25, 0.3) is 5.56 Å². The maximum absolute atomic E-state index is 15.3. The quantitative estimate of drug-likeness (QED) is 0.369. The fourth-order valence-corrected chi connectivity index (χ4v) is 6.47. The van der Waals surface area contributed by atoms with Crippen LogP contribution in [0.15, 0.2) is 29.2 Å². The summed E-state index contributed by atoms with van der Waals surface area (Å²) in [5.74, 6) is -0.216. The van der Waals surface area contributed by atoms with Gasteiger partial charge in [0.05, 0.1) is 45.3 Å². The van der Waals surface area contributed by atoms with Gasteiger partial charge in [-0.1, -0.05) is 13.8 Å². The number of hydrogen-bond acceptors (Lipinski definition) is 7.